The van der Waals surface area contributed by atoms with Gasteiger partial charge in [0.1, 0.15) is 0 Å². The smallest absolute Gasteiger partial charge is 0.306 e. The van der Waals surface area contributed by atoms with Gasteiger partial charge < -0.3 is 10.4 Å². The molecule has 0 aliphatic heterocycles. The number of hydrogen-bond donors (Lipinski definition) is 2. The highest BCUT2D eigenvalue weighted by Gasteiger charge is 2.35. The predicted molar refractivity (Wildman–Crippen MR) is 68.0 cm³/mol. The fourth-order valence-electron chi connectivity index (χ4n) is 1.82. The molecule has 1 aliphatic rings. The molecule has 0 radical (unpaired) electrons. The summed E-state index contributed by atoms with van der Waals surface area (Å²) in [6.45, 7) is 0. The molecule has 0 aromatic carbocycles. The van der Waals surface area contributed by atoms with Crippen LogP contribution in [0.15, 0.2) is 15.9 Å². The molecule has 1 aliphatic carbocycles. The molecule has 1 saturated carbocycles. The molecule has 1 aromatic rings. The van der Waals surface area contributed by atoms with Crippen LogP contribution in [-0.2, 0) is 16.0 Å². The Kier molecular flexibility index (Phi) is 3.83. The molecule has 4 nitrogen and oxygen atoms in total. The Morgan fingerprint density at radius 3 is 2.71 bits per heavy atom. The van der Waals surface area contributed by atoms with E-state index >= 15 is 0 Å². The number of nitrogens with one attached hydrogen (secondary N) is 1. The number of amides is 1. The molecule has 17 heavy (non-hydrogen) atoms. The highest BCUT2D eigenvalue weighted by atomic mass is 79.9. The lowest BCUT2D eigenvalue weighted by atomic mass is 9.80. The summed E-state index contributed by atoms with van der Waals surface area (Å²) in [5.41, 5.74) is 0. The number of carboxylic acids is 1. The molecule has 2 rings (SSSR count). The van der Waals surface area contributed by atoms with Gasteiger partial charge in [-0.25, -0.2) is 0 Å². The molecule has 0 unspecified atom stereocenters. The summed E-state index contributed by atoms with van der Waals surface area (Å²) in [7, 11) is 0. The standard InChI is InChI=1S/C11H12BrNO3S/c12-9-2-1-8(17-9)5-10(14)13-7-3-6(4-7)11(15)16/h1-2,6-7H,3-5H2,(H,13,14)(H,15,16). The number of halogens is 1. The number of carbonyl (C=O) groups is 2. The van der Waals surface area contributed by atoms with Crippen LogP contribution in [0.25, 0.3) is 0 Å². The van der Waals surface area contributed by atoms with Gasteiger partial charge in [-0.15, -0.1) is 11.3 Å². The SMILES string of the molecule is O=C(Cc1ccc(Br)s1)NC1CC(C(=O)O)C1. The zero-order valence-electron chi connectivity index (χ0n) is 8.98. The monoisotopic (exact) mass is 317 g/mol. The van der Waals surface area contributed by atoms with Crippen LogP contribution in [-0.4, -0.2) is 23.0 Å². The number of rotatable bonds is 4. The van der Waals surface area contributed by atoms with Crippen molar-refractivity contribution in [3.63, 3.8) is 0 Å². The molecule has 6 heteroatoms. The summed E-state index contributed by atoms with van der Waals surface area (Å²) in [6, 6.07) is 3.86. The summed E-state index contributed by atoms with van der Waals surface area (Å²) in [5.74, 6) is -1.08. The Morgan fingerprint density at radius 2 is 2.18 bits per heavy atom. The van der Waals surface area contributed by atoms with Gasteiger partial charge in [-0.3, -0.25) is 9.59 Å². The lowest BCUT2D eigenvalue weighted by Crippen LogP contribution is -2.47. The van der Waals surface area contributed by atoms with Crippen molar-refractivity contribution in [3.8, 4) is 0 Å². The zero-order valence-corrected chi connectivity index (χ0v) is 11.4. The van der Waals surface area contributed by atoms with Crippen LogP contribution >= 0.6 is 27.3 Å². The molecule has 1 fully saturated rings. The first-order valence-electron chi connectivity index (χ1n) is 5.31. The molecule has 2 N–H and O–H groups in total. The summed E-state index contributed by atoms with van der Waals surface area (Å²) in [5, 5.41) is 11.6. The first-order chi connectivity index (χ1) is 8.04. The zero-order chi connectivity index (χ0) is 12.4. The van der Waals surface area contributed by atoms with Crippen molar-refractivity contribution in [3.05, 3.63) is 20.8 Å². The van der Waals surface area contributed by atoms with E-state index in [0.717, 1.165) is 8.66 Å². The van der Waals surface area contributed by atoms with Gasteiger partial charge in [0.2, 0.25) is 5.91 Å². The third-order valence-corrected chi connectivity index (χ3v) is 4.44. The summed E-state index contributed by atoms with van der Waals surface area (Å²) < 4.78 is 1.01. The molecule has 0 atom stereocenters. The van der Waals surface area contributed by atoms with Crippen molar-refractivity contribution >= 4 is 39.1 Å². The molecule has 1 heterocycles. The molecular formula is C11H12BrNO3S. The molecule has 1 amide bonds. The molecule has 0 saturated heterocycles. The normalized spacial score (nSPS) is 22.9. The van der Waals surface area contributed by atoms with Gasteiger partial charge in [0.05, 0.1) is 16.1 Å². The molecule has 92 valence electrons. The molecule has 0 spiro atoms. The van der Waals surface area contributed by atoms with Gasteiger partial charge in [0.15, 0.2) is 0 Å². The van der Waals surface area contributed by atoms with Crippen LogP contribution in [0.2, 0.25) is 0 Å². The number of carbonyl (C=O) groups excluding carboxylic acids is 1. The van der Waals surface area contributed by atoms with Gasteiger partial charge >= 0.3 is 5.97 Å². The van der Waals surface area contributed by atoms with Crippen LogP contribution in [0.1, 0.15) is 17.7 Å². The van der Waals surface area contributed by atoms with Crippen LogP contribution < -0.4 is 5.32 Å². The minimum Gasteiger partial charge on any atom is -0.481 e. The minimum absolute atomic E-state index is 0.0341. The van der Waals surface area contributed by atoms with Crippen LogP contribution in [0.5, 0.6) is 0 Å². The Labute approximate surface area is 111 Å². The maximum atomic E-state index is 11.6. The summed E-state index contributed by atoms with van der Waals surface area (Å²) in [6.07, 6.45) is 1.47. The Bertz CT molecular complexity index is 440. The van der Waals surface area contributed by atoms with Gasteiger partial charge in [-0.05, 0) is 40.9 Å². The summed E-state index contributed by atoms with van der Waals surface area (Å²) >= 11 is 4.88. The topological polar surface area (TPSA) is 66.4 Å². The van der Waals surface area contributed by atoms with Crippen molar-refractivity contribution in [2.75, 3.05) is 0 Å². The number of hydrogen-bond acceptors (Lipinski definition) is 3. The van der Waals surface area contributed by atoms with Gasteiger partial charge in [-0.1, -0.05) is 0 Å². The fourth-order valence-corrected chi connectivity index (χ4v) is 3.30. The van der Waals surface area contributed by atoms with E-state index in [1.54, 1.807) is 0 Å². The second kappa shape index (κ2) is 5.18. The lowest BCUT2D eigenvalue weighted by Gasteiger charge is -2.32. The molecule has 1 aromatic heterocycles. The predicted octanol–water partition coefficient (Wildman–Crippen LogP) is 2.03. The fraction of sp³-hybridized carbons (Fsp3) is 0.455. The van der Waals surface area contributed by atoms with E-state index in [0.29, 0.717) is 19.3 Å². The summed E-state index contributed by atoms with van der Waals surface area (Å²) in [4.78, 5) is 23.2. The van der Waals surface area contributed by atoms with E-state index in [-0.39, 0.29) is 17.9 Å². The first-order valence-corrected chi connectivity index (χ1v) is 6.92. The van der Waals surface area contributed by atoms with E-state index < -0.39 is 5.97 Å². The number of carboxylic acid groups (broad SMARTS) is 1. The average Bonchev–Trinajstić information content (AvgIpc) is 2.56. The quantitative estimate of drug-likeness (QED) is 0.893. The largest absolute Gasteiger partial charge is 0.481 e. The number of thiophene rings is 1. The van der Waals surface area contributed by atoms with Crippen LogP contribution in [0.3, 0.4) is 0 Å². The van der Waals surface area contributed by atoms with E-state index in [4.69, 9.17) is 5.11 Å². The van der Waals surface area contributed by atoms with Crippen molar-refractivity contribution in [1.29, 1.82) is 0 Å². The Hall–Kier alpha value is -0.880. The van der Waals surface area contributed by atoms with Gasteiger partial charge in [0.25, 0.3) is 0 Å². The third-order valence-electron chi connectivity index (χ3n) is 2.82. The Balaban J connectivity index is 1.74. The van der Waals surface area contributed by atoms with Crippen LogP contribution in [0.4, 0.5) is 0 Å². The first kappa shape index (κ1) is 12.6. The van der Waals surface area contributed by atoms with E-state index in [9.17, 15) is 9.59 Å². The maximum absolute atomic E-state index is 11.6. The second-order valence-corrected chi connectivity index (χ2v) is 6.70. The van der Waals surface area contributed by atoms with Crippen molar-refractivity contribution in [1.82, 2.24) is 5.32 Å². The van der Waals surface area contributed by atoms with E-state index in [2.05, 4.69) is 21.2 Å². The van der Waals surface area contributed by atoms with E-state index in [1.807, 2.05) is 12.1 Å². The van der Waals surface area contributed by atoms with Gasteiger partial charge in [0, 0.05) is 10.9 Å². The maximum Gasteiger partial charge on any atom is 0.306 e. The highest BCUT2D eigenvalue weighted by Crippen LogP contribution is 2.28. The molecular weight excluding hydrogens is 306 g/mol. The van der Waals surface area contributed by atoms with Gasteiger partial charge in [-0.2, -0.15) is 0 Å². The minimum atomic E-state index is -0.766. The van der Waals surface area contributed by atoms with E-state index in [1.165, 1.54) is 11.3 Å². The molecule has 0 bridgehead atoms. The van der Waals surface area contributed by atoms with Crippen molar-refractivity contribution < 1.29 is 14.7 Å². The highest BCUT2D eigenvalue weighted by molar-refractivity contribution is 9.11. The van der Waals surface area contributed by atoms with Crippen molar-refractivity contribution in [2.24, 2.45) is 5.92 Å². The number of aliphatic carboxylic acids is 1. The van der Waals surface area contributed by atoms with Crippen LogP contribution in [0, 0.1) is 5.92 Å². The third kappa shape index (κ3) is 3.29. The second-order valence-electron chi connectivity index (χ2n) is 4.15. The van der Waals surface area contributed by atoms with Crippen molar-refractivity contribution in [2.45, 2.75) is 25.3 Å². The lowest BCUT2D eigenvalue weighted by molar-refractivity contribution is -0.146. The Morgan fingerprint density at radius 1 is 1.47 bits per heavy atom. The average molecular weight is 318 g/mol.